The van der Waals surface area contributed by atoms with E-state index in [1.807, 2.05) is 47.4 Å². The third kappa shape index (κ3) is 2.95. The number of nitrogens with zero attached hydrogens (tertiary/aromatic N) is 2. The van der Waals surface area contributed by atoms with Gasteiger partial charge in [0.05, 0.1) is 26.1 Å². The van der Waals surface area contributed by atoms with Crippen molar-refractivity contribution in [1.29, 1.82) is 0 Å². The second kappa shape index (κ2) is 7.85. The Hall–Kier alpha value is -2.90. The van der Waals surface area contributed by atoms with Crippen molar-refractivity contribution < 1.29 is 23.9 Å². The number of ether oxygens (including phenoxy) is 2. The third-order valence-electron chi connectivity index (χ3n) is 7.47. The third-order valence-corrected chi connectivity index (χ3v) is 7.71. The zero-order chi connectivity index (χ0) is 23.5. The molecule has 0 radical (unpaired) electrons. The van der Waals surface area contributed by atoms with Crippen LogP contribution in [0.15, 0.2) is 42.5 Å². The number of carbonyl (C=O) groups excluding carboxylic acids is 3. The summed E-state index contributed by atoms with van der Waals surface area (Å²) in [6.45, 7) is 0.607. The van der Waals surface area contributed by atoms with Gasteiger partial charge in [-0.3, -0.25) is 24.2 Å². The summed E-state index contributed by atoms with van der Waals surface area (Å²) in [4.78, 5) is 42.7. The molecule has 3 saturated heterocycles. The van der Waals surface area contributed by atoms with E-state index in [1.165, 1.54) is 19.1 Å². The lowest BCUT2D eigenvalue weighted by Crippen LogP contribution is -2.54. The number of rotatable bonds is 4. The molecule has 33 heavy (non-hydrogen) atoms. The van der Waals surface area contributed by atoms with Gasteiger partial charge in [-0.2, -0.15) is 0 Å². The van der Waals surface area contributed by atoms with Gasteiger partial charge in [-0.15, -0.1) is 0 Å². The van der Waals surface area contributed by atoms with E-state index in [0.29, 0.717) is 23.7 Å². The number of esters is 1. The van der Waals surface area contributed by atoms with Crippen LogP contribution in [0.5, 0.6) is 5.75 Å². The first kappa shape index (κ1) is 21.9. The number of hydrogen-bond acceptors (Lipinski definition) is 6. The quantitative estimate of drug-likeness (QED) is 0.506. The normalized spacial score (nSPS) is 28.7. The van der Waals surface area contributed by atoms with Crippen LogP contribution in [0.2, 0.25) is 5.02 Å². The highest BCUT2D eigenvalue weighted by atomic mass is 35.5. The Morgan fingerprint density at radius 1 is 1.12 bits per heavy atom. The predicted molar refractivity (Wildman–Crippen MR) is 122 cm³/mol. The van der Waals surface area contributed by atoms with Gasteiger partial charge < -0.3 is 9.47 Å². The molecule has 0 spiro atoms. The Morgan fingerprint density at radius 3 is 2.61 bits per heavy atom. The molecule has 8 heteroatoms. The number of hydrogen-bond donors (Lipinski definition) is 0. The molecule has 0 bridgehead atoms. The number of amides is 2. The molecule has 3 aliphatic rings. The van der Waals surface area contributed by atoms with Gasteiger partial charge in [0.2, 0.25) is 11.8 Å². The Morgan fingerprint density at radius 2 is 1.91 bits per heavy atom. The van der Waals surface area contributed by atoms with Gasteiger partial charge in [-0.1, -0.05) is 35.9 Å². The SMILES string of the molecule is COC(=O)[C@@]12CCCN1C(c1ccc(-c3cccc(Cl)c3)c(OC)c1)C1C(=O)N(C)C(=O)C12. The van der Waals surface area contributed by atoms with E-state index in [2.05, 4.69) is 0 Å². The van der Waals surface area contributed by atoms with Crippen LogP contribution < -0.4 is 4.74 Å². The van der Waals surface area contributed by atoms with Crippen LogP contribution in [0.25, 0.3) is 11.1 Å². The lowest BCUT2D eigenvalue weighted by Gasteiger charge is -2.35. The first-order valence-corrected chi connectivity index (χ1v) is 11.3. The highest BCUT2D eigenvalue weighted by molar-refractivity contribution is 6.30. The number of likely N-dealkylation sites (tertiary alicyclic amines) is 1. The van der Waals surface area contributed by atoms with E-state index >= 15 is 0 Å². The van der Waals surface area contributed by atoms with E-state index < -0.39 is 29.4 Å². The van der Waals surface area contributed by atoms with Gasteiger partial charge in [0.25, 0.3) is 0 Å². The van der Waals surface area contributed by atoms with Crippen molar-refractivity contribution in [2.75, 3.05) is 27.8 Å². The highest BCUT2D eigenvalue weighted by Gasteiger charge is 2.73. The molecular formula is C25H25ClN2O5. The fraction of sp³-hybridized carbons (Fsp3) is 0.400. The van der Waals surface area contributed by atoms with Crippen molar-refractivity contribution in [3.05, 3.63) is 53.1 Å². The monoisotopic (exact) mass is 468 g/mol. The molecule has 4 atom stereocenters. The first-order valence-electron chi connectivity index (χ1n) is 11.0. The molecule has 3 heterocycles. The van der Waals surface area contributed by atoms with Gasteiger partial charge >= 0.3 is 5.97 Å². The molecule has 3 fully saturated rings. The minimum Gasteiger partial charge on any atom is -0.496 e. The highest BCUT2D eigenvalue weighted by Crippen LogP contribution is 2.59. The van der Waals surface area contributed by atoms with Crippen molar-refractivity contribution in [3.8, 4) is 16.9 Å². The van der Waals surface area contributed by atoms with Crippen LogP contribution in [0.3, 0.4) is 0 Å². The number of fused-ring (bicyclic) bond motifs is 3. The molecule has 2 amide bonds. The lowest BCUT2D eigenvalue weighted by molar-refractivity contribution is -0.158. The number of imide groups is 1. The summed E-state index contributed by atoms with van der Waals surface area (Å²) in [5, 5.41) is 0.621. The number of carbonyl (C=O) groups is 3. The van der Waals surface area contributed by atoms with E-state index in [0.717, 1.165) is 23.1 Å². The number of benzene rings is 2. The van der Waals surface area contributed by atoms with Crippen molar-refractivity contribution in [1.82, 2.24) is 9.80 Å². The standard InChI is InChI=1S/C25H25ClN2O5/c1-27-22(29)19-20(23(27)30)25(24(31)33-3)10-5-11-28(25)21(19)15-8-9-17(18(13-15)32-2)14-6-4-7-16(26)12-14/h4,6-9,12-13,19-21H,5,10-11H2,1-3H3/t19?,20?,21?,25-/m0/s1. The maximum atomic E-state index is 13.2. The van der Waals surface area contributed by atoms with Crippen molar-refractivity contribution >= 4 is 29.4 Å². The zero-order valence-corrected chi connectivity index (χ0v) is 19.5. The van der Waals surface area contributed by atoms with Crippen molar-refractivity contribution in [3.63, 3.8) is 0 Å². The minimum absolute atomic E-state index is 0.259. The van der Waals surface area contributed by atoms with Gasteiger partial charge in [0.1, 0.15) is 11.3 Å². The van der Waals surface area contributed by atoms with Gasteiger partial charge in [0, 0.05) is 23.7 Å². The molecule has 3 aliphatic heterocycles. The van der Waals surface area contributed by atoms with Crippen LogP contribution >= 0.6 is 11.6 Å². The first-order chi connectivity index (χ1) is 15.8. The summed E-state index contributed by atoms with van der Waals surface area (Å²) < 4.78 is 10.9. The molecule has 2 aromatic rings. The molecule has 172 valence electrons. The smallest absolute Gasteiger partial charge is 0.327 e. The fourth-order valence-electron chi connectivity index (χ4n) is 6.13. The Kier molecular flexibility index (Phi) is 5.21. The second-order valence-corrected chi connectivity index (χ2v) is 9.30. The van der Waals surface area contributed by atoms with E-state index in [1.54, 1.807) is 7.11 Å². The van der Waals surface area contributed by atoms with E-state index in [-0.39, 0.29) is 11.8 Å². The van der Waals surface area contributed by atoms with Gasteiger partial charge in [0.15, 0.2) is 0 Å². The Labute approximate surface area is 197 Å². The van der Waals surface area contributed by atoms with Crippen LogP contribution in [0.4, 0.5) is 0 Å². The Bertz CT molecular complexity index is 1170. The molecule has 3 unspecified atom stereocenters. The molecule has 0 N–H and O–H groups in total. The average molecular weight is 469 g/mol. The van der Waals surface area contributed by atoms with Crippen LogP contribution in [-0.4, -0.2) is 60.9 Å². The van der Waals surface area contributed by atoms with Crippen molar-refractivity contribution in [2.24, 2.45) is 11.8 Å². The van der Waals surface area contributed by atoms with Crippen LogP contribution in [0, 0.1) is 11.8 Å². The molecule has 0 aliphatic carbocycles. The summed E-state index contributed by atoms with van der Waals surface area (Å²) >= 11 is 6.18. The maximum Gasteiger partial charge on any atom is 0.327 e. The van der Waals surface area contributed by atoms with Crippen molar-refractivity contribution in [2.45, 2.75) is 24.4 Å². The Balaban J connectivity index is 1.65. The molecule has 5 rings (SSSR count). The van der Waals surface area contributed by atoms with Gasteiger partial charge in [-0.25, -0.2) is 0 Å². The van der Waals surface area contributed by atoms with Gasteiger partial charge in [-0.05, 0) is 48.7 Å². The summed E-state index contributed by atoms with van der Waals surface area (Å²) in [6, 6.07) is 12.9. The summed E-state index contributed by atoms with van der Waals surface area (Å²) in [5.41, 5.74) is 1.48. The molecule has 7 nitrogen and oxygen atoms in total. The molecule has 0 aromatic heterocycles. The predicted octanol–water partition coefficient (Wildman–Crippen LogP) is 3.31. The number of methoxy groups -OCH3 is 2. The van der Waals surface area contributed by atoms with E-state index in [9.17, 15) is 14.4 Å². The van der Waals surface area contributed by atoms with Crippen LogP contribution in [0.1, 0.15) is 24.4 Å². The maximum absolute atomic E-state index is 13.2. The second-order valence-electron chi connectivity index (χ2n) is 8.87. The topological polar surface area (TPSA) is 76.2 Å². The van der Waals surface area contributed by atoms with Crippen LogP contribution in [-0.2, 0) is 19.1 Å². The molecule has 2 aromatic carbocycles. The summed E-state index contributed by atoms with van der Waals surface area (Å²) in [7, 11) is 4.42. The molecule has 0 saturated carbocycles. The lowest BCUT2D eigenvalue weighted by atomic mass is 9.77. The summed E-state index contributed by atoms with van der Waals surface area (Å²) in [5.74, 6) is -1.79. The fourth-order valence-corrected chi connectivity index (χ4v) is 6.32. The number of halogens is 1. The zero-order valence-electron chi connectivity index (χ0n) is 18.7. The van der Waals surface area contributed by atoms with E-state index in [4.69, 9.17) is 21.1 Å². The average Bonchev–Trinajstić information content (AvgIpc) is 3.44. The minimum atomic E-state index is -1.12. The summed E-state index contributed by atoms with van der Waals surface area (Å²) in [6.07, 6.45) is 1.24. The largest absolute Gasteiger partial charge is 0.496 e. The molecular weight excluding hydrogens is 444 g/mol.